The van der Waals surface area contributed by atoms with Crippen molar-refractivity contribution in [3.8, 4) is 0 Å². The van der Waals surface area contributed by atoms with Crippen LogP contribution in [0.5, 0.6) is 0 Å². The van der Waals surface area contributed by atoms with Crippen molar-refractivity contribution >= 4 is 5.78 Å². The second kappa shape index (κ2) is 6.00. The molecule has 1 aliphatic carbocycles. The van der Waals surface area contributed by atoms with Gasteiger partial charge in [-0.05, 0) is 19.3 Å². The van der Waals surface area contributed by atoms with Crippen LogP contribution in [0.3, 0.4) is 0 Å². The van der Waals surface area contributed by atoms with Crippen molar-refractivity contribution in [1.82, 2.24) is 0 Å². The lowest BCUT2D eigenvalue weighted by atomic mass is 9.85. The summed E-state index contributed by atoms with van der Waals surface area (Å²) >= 11 is 0. The van der Waals surface area contributed by atoms with Gasteiger partial charge in [0.1, 0.15) is 5.78 Å². The van der Waals surface area contributed by atoms with E-state index in [0.29, 0.717) is 18.1 Å². The first kappa shape index (κ1) is 11.5. The van der Waals surface area contributed by atoms with Crippen LogP contribution in [0.1, 0.15) is 58.3 Å². The number of hydrogen-bond acceptors (Lipinski definition) is 1. The fourth-order valence-corrected chi connectivity index (χ4v) is 2.17. The topological polar surface area (TPSA) is 17.1 Å². The maximum atomic E-state index is 11.6. The Morgan fingerprint density at radius 2 is 1.86 bits per heavy atom. The highest BCUT2D eigenvalue weighted by Gasteiger charge is 2.16. The molecule has 0 heterocycles. The van der Waals surface area contributed by atoms with E-state index in [2.05, 4.69) is 6.58 Å². The molecule has 0 aliphatic heterocycles. The van der Waals surface area contributed by atoms with Gasteiger partial charge in [0.25, 0.3) is 0 Å². The highest BCUT2D eigenvalue weighted by Crippen LogP contribution is 2.27. The van der Waals surface area contributed by atoms with Crippen molar-refractivity contribution in [2.75, 3.05) is 0 Å². The van der Waals surface area contributed by atoms with Gasteiger partial charge in [0.15, 0.2) is 0 Å². The zero-order valence-corrected chi connectivity index (χ0v) is 9.35. The van der Waals surface area contributed by atoms with Crippen molar-refractivity contribution in [3.63, 3.8) is 0 Å². The summed E-state index contributed by atoms with van der Waals surface area (Å²) in [4.78, 5) is 11.6. The molecule has 80 valence electrons. The average Bonchev–Trinajstić information content (AvgIpc) is 2.16. The Bertz CT molecular complexity index is 199. The van der Waals surface area contributed by atoms with Crippen molar-refractivity contribution in [3.05, 3.63) is 12.2 Å². The van der Waals surface area contributed by atoms with Crippen LogP contribution in [-0.2, 0) is 4.79 Å². The van der Waals surface area contributed by atoms with Gasteiger partial charge in [0, 0.05) is 12.8 Å². The van der Waals surface area contributed by atoms with Crippen LogP contribution >= 0.6 is 0 Å². The van der Waals surface area contributed by atoms with Crippen LogP contribution in [0.2, 0.25) is 0 Å². The summed E-state index contributed by atoms with van der Waals surface area (Å²) in [5, 5.41) is 0. The molecule has 0 bridgehead atoms. The number of hydrogen-bond donors (Lipinski definition) is 0. The van der Waals surface area contributed by atoms with Crippen molar-refractivity contribution in [2.24, 2.45) is 5.92 Å². The number of ketones is 1. The summed E-state index contributed by atoms with van der Waals surface area (Å²) in [5.74, 6) is 1.14. The van der Waals surface area contributed by atoms with E-state index < -0.39 is 0 Å². The minimum absolute atomic E-state index is 0.444. The van der Waals surface area contributed by atoms with E-state index >= 15 is 0 Å². The minimum Gasteiger partial charge on any atom is -0.300 e. The quantitative estimate of drug-likeness (QED) is 0.607. The maximum absolute atomic E-state index is 11.6. The number of allylic oxidation sites excluding steroid dienone is 1. The summed E-state index contributed by atoms with van der Waals surface area (Å²) in [6.45, 7) is 5.82. The molecule has 14 heavy (non-hydrogen) atoms. The van der Waals surface area contributed by atoms with Crippen LogP contribution < -0.4 is 0 Å². The largest absolute Gasteiger partial charge is 0.300 e. The molecule has 0 aromatic heterocycles. The molecule has 1 fully saturated rings. The molecule has 1 heteroatoms. The summed E-state index contributed by atoms with van der Waals surface area (Å²) < 4.78 is 0. The molecule has 1 nitrogen and oxygen atoms in total. The first-order valence-electron chi connectivity index (χ1n) is 5.84. The SMILES string of the molecule is C=C(C)CCC(=O)CC1CCCCC1. The highest BCUT2D eigenvalue weighted by atomic mass is 16.1. The third-order valence-corrected chi connectivity index (χ3v) is 3.07. The second-order valence-electron chi connectivity index (χ2n) is 4.70. The standard InChI is InChI=1S/C13H22O/c1-11(2)8-9-13(14)10-12-6-4-3-5-7-12/h12H,1,3-10H2,2H3. The molecule has 0 aromatic rings. The molecule has 1 rings (SSSR count). The second-order valence-corrected chi connectivity index (χ2v) is 4.70. The zero-order chi connectivity index (χ0) is 10.4. The van der Waals surface area contributed by atoms with E-state index in [4.69, 9.17) is 0 Å². The van der Waals surface area contributed by atoms with Gasteiger partial charge >= 0.3 is 0 Å². The maximum Gasteiger partial charge on any atom is 0.133 e. The molecule has 1 aliphatic rings. The monoisotopic (exact) mass is 194 g/mol. The first-order valence-corrected chi connectivity index (χ1v) is 5.84. The molecule has 0 N–H and O–H groups in total. The van der Waals surface area contributed by atoms with Crippen molar-refractivity contribution < 1.29 is 4.79 Å². The lowest BCUT2D eigenvalue weighted by Gasteiger charge is -2.20. The van der Waals surface area contributed by atoms with Crippen LogP contribution in [0.15, 0.2) is 12.2 Å². The lowest BCUT2D eigenvalue weighted by molar-refractivity contribution is -0.120. The normalized spacial score (nSPS) is 18.1. The van der Waals surface area contributed by atoms with Gasteiger partial charge in [0.05, 0.1) is 0 Å². The molecular weight excluding hydrogens is 172 g/mol. The number of carbonyl (C=O) groups excluding carboxylic acids is 1. The van der Waals surface area contributed by atoms with E-state index in [0.717, 1.165) is 18.4 Å². The Morgan fingerprint density at radius 1 is 1.21 bits per heavy atom. The molecule has 0 spiro atoms. The van der Waals surface area contributed by atoms with Gasteiger partial charge in [-0.15, -0.1) is 6.58 Å². The molecule has 0 amide bonds. The fraction of sp³-hybridized carbons (Fsp3) is 0.769. The first-order chi connectivity index (χ1) is 6.68. The van der Waals surface area contributed by atoms with Crippen molar-refractivity contribution in [1.29, 1.82) is 0 Å². The Balaban J connectivity index is 2.15. The minimum atomic E-state index is 0.444. The van der Waals surface area contributed by atoms with Gasteiger partial charge in [-0.3, -0.25) is 4.79 Å². The van der Waals surface area contributed by atoms with Gasteiger partial charge in [0.2, 0.25) is 0 Å². The van der Waals surface area contributed by atoms with Crippen molar-refractivity contribution in [2.45, 2.75) is 58.3 Å². The van der Waals surface area contributed by atoms with E-state index in [1.807, 2.05) is 6.92 Å². The molecule has 0 radical (unpaired) electrons. The predicted octanol–water partition coefficient (Wildman–Crippen LogP) is 3.88. The molecule has 0 saturated heterocycles. The lowest BCUT2D eigenvalue weighted by Crippen LogP contribution is -2.11. The smallest absolute Gasteiger partial charge is 0.133 e. The summed E-state index contributed by atoms with van der Waals surface area (Å²) in [5.41, 5.74) is 1.13. The van der Waals surface area contributed by atoms with Gasteiger partial charge in [-0.1, -0.05) is 37.7 Å². The predicted molar refractivity (Wildman–Crippen MR) is 60.2 cm³/mol. The van der Waals surface area contributed by atoms with E-state index in [9.17, 15) is 4.79 Å². The number of rotatable bonds is 5. The van der Waals surface area contributed by atoms with Crippen LogP contribution in [-0.4, -0.2) is 5.78 Å². The molecule has 0 aromatic carbocycles. The van der Waals surface area contributed by atoms with Gasteiger partial charge in [-0.2, -0.15) is 0 Å². The summed E-state index contributed by atoms with van der Waals surface area (Å²) in [7, 11) is 0. The third-order valence-electron chi connectivity index (χ3n) is 3.07. The highest BCUT2D eigenvalue weighted by molar-refractivity contribution is 5.78. The fourth-order valence-electron chi connectivity index (χ4n) is 2.17. The Labute approximate surface area is 87.6 Å². The van der Waals surface area contributed by atoms with Gasteiger partial charge in [-0.25, -0.2) is 0 Å². The Morgan fingerprint density at radius 3 is 2.43 bits per heavy atom. The van der Waals surface area contributed by atoms with Gasteiger partial charge < -0.3 is 0 Å². The molecular formula is C13H22O. The number of carbonyl (C=O) groups is 1. The van der Waals surface area contributed by atoms with Crippen LogP contribution in [0, 0.1) is 5.92 Å². The van der Waals surface area contributed by atoms with Crippen LogP contribution in [0.25, 0.3) is 0 Å². The molecule has 1 saturated carbocycles. The molecule has 0 atom stereocenters. The number of Topliss-reactive ketones (excluding diaryl/α,β-unsaturated/α-hetero) is 1. The van der Waals surface area contributed by atoms with Crippen LogP contribution in [0.4, 0.5) is 0 Å². The Kier molecular flexibility index (Phi) is 4.92. The zero-order valence-electron chi connectivity index (χ0n) is 9.35. The van der Waals surface area contributed by atoms with E-state index in [1.54, 1.807) is 0 Å². The Hall–Kier alpha value is -0.590. The summed E-state index contributed by atoms with van der Waals surface area (Å²) in [6.07, 6.45) is 9.01. The third kappa shape index (κ3) is 4.59. The van der Waals surface area contributed by atoms with E-state index in [1.165, 1.54) is 32.1 Å². The molecule has 0 unspecified atom stereocenters. The average molecular weight is 194 g/mol. The summed E-state index contributed by atoms with van der Waals surface area (Å²) in [6, 6.07) is 0. The van der Waals surface area contributed by atoms with E-state index in [-0.39, 0.29) is 0 Å².